The second-order valence-corrected chi connectivity index (χ2v) is 5.96. The molecule has 1 heterocycles. The minimum atomic E-state index is 0.119. The lowest BCUT2D eigenvalue weighted by atomic mass is 10.0. The van der Waals surface area contributed by atoms with Gasteiger partial charge >= 0.3 is 0 Å². The van der Waals surface area contributed by atoms with Crippen LogP contribution in [0.3, 0.4) is 0 Å². The minimum absolute atomic E-state index is 0.119. The average molecular weight is 211 g/mol. The maximum absolute atomic E-state index is 5.98. The molecule has 0 aromatic rings. The van der Waals surface area contributed by atoms with Gasteiger partial charge in [0.05, 0.1) is 11.7 Å². The van der Waals surface area contributed by atoms with Gasteiger partial charge in [0.2, 0.25) is 0 Å². The van der Waals surface area contributed by atoms with Crippen molar-refractivity contribution in [2.75, 3.05) is 6.54 Å². The summed E-state index contributed by atoms with van der Waals surface area (Å²) in [6, 6.07) is 0.748. The number of hydrogen-bond donors (Lipinski definition) is 1. The maximum atomic E-state index is 5.98. The molecule has 0 bridgehead atoms. The molecule has 0 spiro atoms. The topological polar surface area (TPSA) is 21.3 Å². The lowest BCUT2D eigenvalue weighted by Crippen LogP contribution is -2.37. The Bertz CT molecular complexity index is 215. The number of ether oxygens (including phenoxy) is 1. The molecule has 0 amide bonds. The zero-order chi connectivity index (χ0) is 10.9. The largest absolute Gasteiger partial charge is 0.371 e. The highest BCUT2D eigenvalue weighted by molar-refractivity contribution is 4.85. The molecule has 15 heavy (non-hydrogen) atoms. The first-order valence-corrected chi connectivity index (χ1v) is 6.48. The predicted octanol–water partition coefficient (Wildman–Crippen LogP) is 2.72. The Morgan fingerprint density at radius 2 is 2.07 bits per heavy atom. The lowest BCUT2D eigenvalue weighted by molar-refractivity contribution is -0.0154. The van der Waals surface area contributed by atoms with Gasteiger partial charge in [-0.15, -0.1) is 0 Å². The molecule has 2 aliphatic rings. The number of nitrogens with one attached hydrogen (secondary N) is 1. The number of hydrogen-bond acceptors (Lipinski definition) is 2. The fourth-order valence-corrected chi connectivity index (χ4v) is 2.95. The highest BCUT2D eigenvalue weighted by atomic mass is 16.5. The summed E-state index contributed by atoms with van der Waals surface area (Å²) in [5, 5.41) is 3.69. The second-order valence-electron chi connectivity index (χ2n) is 5.96. The molecule has 0 radical (unpaired) electrons. The molecular weight excluding hydrogens is 186 g/mol. The molecule has 3 atom stereocenters. The van der Waals surface area contributed by atoms with E-state index in [1.165, 1.54) is 32.1 Å². The first-order valence-electron chi connectivity index (χ1n) is 6.48. The SMILES string of the molecule is CC1CCCC1NCC1CCC(C)(C)O1. The minimum Gasteiger partial charge on any atom is -0.371 e. The van der Waals surface area contributed by atoms with E-state index in [1.807, 2.05) is 0 Å². The van der Waals surface area contributed by atoms with Crippen molar-refractivity contribution in [1.82, 2.24) is 5.32 Å². The van der Waals surface area contributed by atoms with E-state index < -0.39 is 0 Å². The molecule has 1 saturated heterocycles. The van der Waals surface area contributed by atoms with Gasteiger partial charge in [0.15, 0.2) is 0 Å². The van der Waals surface area contributed by atoms with E-state index >= 15 is 0 Å². The van der Waals surface area contributed by atoms with E-state index in [1.54, 1.807) is 0 Å². The standard InChI is InChI=1S/C13H25NO/c1-10-5-4-6-12(10)14-9-11-7-8-13(2,3)15-11/h10-12,14H,4-9H2,1-3H3. The highest BCUT2D eigenvalue weighted by Crippen LogP contribution is 2.30. The Labute approximate surface area is 93.8 Å². The molecule has 2 rings (SSSR count). The van der Waals surface area contributed by atoms with Gasteiger partial charge in [-0.1, -0.05) is 13.3 Å². The first-order chi connectivity index (χ1) is 7.07. The van der Waals surface area contributed by atoms with E-state index in [4.69, 9.17) is 4.74 Å². The molecule has 1 aliphatic heterocycles. The Kier molecular flexibility index (Phi) is 3.36. The summed E-state index contributed by atoms with van der Waals surface area (Å²) < 4.78 is 5.98. The van der Waals surface area contributed by atoms with Crippen LogP contribution in [-0.2, 0) is 4.74 Å². The molecule has 2 nitrogen and oxygen atoms in total. The van der Waals surface area contributed by atoms with Crippen LogP contribution < -0.4 is 5.32 Å². The quantitative estimate of drug-likeness (QED) is 0.775. The molecular formula is C13H25NO. The first kappa shape index (κ1) is 11.4. The van der Waals surface area contributed by atoms with Gasteiger partial charge in [-0.05, 0) is 45.4 Å². The van der Waals surface area contributed by atoms with Crippen LogP contribution in [0.5, 0.6) is 0 Å². The normalized spacial score (nSPS) is 39.8. The van der Waals surface area contributed by atoms with Crippen LogP contribution in [-0.4, -0.2) is 24.3 Å². The maximum Gasteiger partial charge on any atom is 0.0707 e. The van der Waals surface area contributed by atoms with E-state index in [0.717, 1.165) is 18.5 Å². The predicted molar refractivity (Wildman–Crippen MR) is 63.0 cm³/mol. The monoisotopic (exact) mass is 211 g/mol. The molecule has 2 fully saturated rings. The zero-order valence-electron chi connectivity index (χ0n) is 10.4. The van der Waals surface area contributed by atoms with Crippen molar-refractivity contribution in [1.29, 1.82) is 0 Å². The Morgan fingerprint density at radius 3 is 2.60 bits per heavy atom. The summed E-state index contributed by atoms with van der Waals surface area (Å²) in [6.07, 6.45) is 7.04. The van der Waals surface area contributed by atoms with Crippen molar-refractivity contribution >= 4 is 0 Å². The van der Waals surface area contributed by atoms with Gasteiger partial charge in [-0.3, -0.25) is 0 Å². The molecule has 0 aromatic heterocycles. The average Bonchev–Trinajstić information content (AvgIpc) is 2.69. The fraction of sp³-hybridized carbons (Fsp3) is 1.00. The third-order valence-corrected chi connectivity index (χ3v) is 4.02. The molecule has 3 unspecified atom stereocenters. The van der Waals surface area contributed by atoms with Crippen LogP contribution in [0.15, 0.2) is 0 Å². The van der Waals surface area contributed by atoms with E-state index in [0.29, 0.717) is 6.10 Å². The van der Waals surface area contributed by atoms with Crippen molar-refractivity contribution in [3.63, 3.8) is 0 Å². The molecule has 1 aliphatic carbocycles. The molecule has 1 saturated carbocycles. The molecule has 2 heteroatoms. The van der Waals surface area contributed by atoms with Crippen molar-refractivity contribution < 1.29 is 4.74 Å². The lowest BCUT2D eigenvalue weighted by Gasteiger charge is -2.22. The van der Waals surface area contributed by atoms with Crippen molar-refractivity contribution in [2.24, 2.45) is 5.92 Å². The Hall–Kier alpha value is -0.0800. The zero-order valence-corrected chi connectivity index (χ0v) is 10.4. The van der Waals surface area contributed by atoms with Crippen LogP contribution in [0, 0.1) is 5.92 Å². The molecule has 1 N–H and O–H groups in total. The summed E-state index contributed by atoms with van der Waals surface area (Å²) in [4.78, 5) is 0. The summed E-state index contributed by atoms with van der Waals surface area (Å²) in [5.74, 6) is 0.861. The summed E-state index contributed by atoms with van der Waals surface area (Å²) in [6.45, 7) is 7.82. The third-order valence-electron chi connectivity index (χ3n) is 4.02. The molecule has 0 aromatic carbocycles. The smallest absolute Gasteiger partial charge is 0.0707 e. The van der Waals surface area contributed by atoms with Crippen molar-refractivity contribution in [3.05, 3.63) is 0 Å². The second kappa shape index (κ2) is 4.42. The van der Waals surface area contributed by atoms with E-state index in [2.05, 4.69) is 26.1 Å². The summed E-state index contributed by atoms with van der Waals surface area (Å²) >= 11 is 0. The molecule has 88 valence electrons. The number of rotatable bonds is 3. The summed E-state index contributed by atoms with van der Waals surface area (Å²) in [7, 11) is 0. The van der Waals surface area contributed by atoms with E-state index in [-0.39, 0.29) is 5.60 Å². The van der Waals surface area contributed by atoms with E-state index in [9.17, 15) is 0 Å². The van der Waals surface area contributed by atoms with Gasteiger partial charge in [0.1, 0.15) is 0 Å². The van der Waals surface area contributed by atoms with Crippen molar-refractivity contribution in [2.45, 2.75) is 70.6 Å². The third kappa shape index (κ3) is 2.94. The van der Waals surface area contributed by atoms with Crippen LogP contribution in [0.1, 0.15) is 52.9 Å². The van der Waals surface area contributed by atoms with Gasteiger partial charge < -0.3 is 10.1 Å². The summed E-state index contributed by atoms with van der Waals surface area (Å²) in [5.41, 5.74) is 0.119. The van der Waals surface area contributed by atoms with Crippen LogP contribution in [0.25, 0.3) is 0 Å². The van der Waals surface area contributed by atoms with Crippen LogP contribution >= 0.6 is 0 Å². The highest BCUT2D eigenvalue weighted by Gasteiger charge is 2.32. The van der Waals surface area contributed by atoms with Gasteiger partial charge in [-0.25, -0.2) is 0 Å². The van der Waals surface area contributed by atoms with Gasteiger partial charge in [0.25, 0.3) is 0 Å². The van der Waals surface area contributed by atoms with Gasteiger partial charge in [0, 0.05) is 12.6 Å². The van der Waals surface area contributed by atoms with Gasteiger partial charge in [-0.2, -0.15) is 0 Å². The van der Waals surface area contributed by atoms with Crippen LogP contribution in [0.2, 0.25) is 0 Å². The van der Waals surface area contributed by atoms with Crippen molar-refractivity contribution in [3.8, 4) is 0 Å². The Morgan fingerprint density at radius 1 is 1.27 bits per heavy atom. The van der Waals surface area contributed by atoms with Crippen LogP contribution in [0.4, 0.5) is 0 Å². The Balaban J connectivity index is 1.70. The fourth-order valence-electron chi connectivity index (χ4n) is 2.95.